The molecule has 0 aliphatic rings. The summed E-state index contributed by atoms with van der Waals surface area (Å²) < 4.78 is 29.6. The van der Waals surface area contributed by atoms with Crippen LogP contribution >= 0.6 is 15.9 Å². The Balaban J connectivity index is 2.38. The molecule has 8 heteroatoms. The number of hydrogen-bond donors (Lipinski definition) is 2. The van der Waals surface area contributed by atoms with Crippen molar-refractivity contribution in [2.75, 3.05) is 4.72 Å². The van der Waals surface area contributed by atoms with E-state index in [0.717, 1.165) is 0 Å². The lowest BCUT2D eigenvalue weighted by molar-refractivity contribution is 0.268. The lowest BCUT2D eigenvalue weighted by atomic mass is 10.3. The van der Waals surface area contributed by atoms with Crippen LogP contribution in [0.1, 0.15) is 25.6 Å². The quantitative estimate of drug-likeness (QED) is 0.843. The Morgan fingerprint density at radius 2 is 2.19 bits per heavy atom. The molecule has 0 saturated heterocycles. The molecular formula is C13H16BrN3O3S. The molecule has 6 nitrogen and oxygen atoms in total. The third-order valence-electron chi connectivity index (χ3n) is 2.95. The molecule has 2 N–H and O–H groups in total. The molecule has 0 amide bonds. The van der Waals surface area contributed by atoms with Crippen molar-refractivity contribution < 1.29 is 13.5 Å². The fourth-order valence-corrected chi connectivity index (χ4v) is 3.52. The Morgan fingerprint density at radius 1 is 1.48 bits per heavy atom. The predicted octanol–water partition coefficient (Wildman–Crippen LogP) is 2.52. The van der Waals surface area contributed by atoms with Crippen molar-refractivity contribution in [3.63, 3.8) is 0 Å². The van der Waals surface area contributed by atoms with Crippen LogP contribution in [0.2, 0.25) is 0 Å². The van der Waals surface area contributed by atoms with Crippen molar-refractivity contribution in [2.45, 2.75) is 31.4 Å². The second kappa shape index (κ2) is 6.17. The largest absolute Gasteiger partial charge is 0.390 e. The van der Waals surface area contributed by atoms with E-state index in [1.807, 2.05) is 13.8 Å². The number of anilines is 1. The number of aliphatic hydroxyl groups is 1. The molecule has 2 rings (SSSR count). The van der Waals surface area contributed by atoms with Gasteiger partial charge in [-0.2, -0.15) is 0 Å². The molecular weight excluding hydrogens is 358 g/mol. The average Bonchev–Trinajstić information content (AvgIpc) is 2.86. The maximum atomic E-state index is 12.4. The highest BCUT2D eigenvalue weighted by Crippen LogP contribution is 2.25. The molecule has 0 radical (unpaired) electrons. The monoisotopic (exact) mass is 373 g/mol. The lowest BCUT2D eigenvalue weighted by Gasteiger charge is -2.10. The van der Waals surface area contributed by atoms with Crippen LogP contribution in [0.5, 0.6) is 0 Å². The molecule has 2 heterocycles. The van der Waals surface area contributed by atoms with Crippen molar-refractivity contribution in [2.24, 2.45) is 0 Å². The topological polar surface area (TPSA) is 84.2 Å². The smallest absolute Gasteiger partial charge is 0.263 e. The fraction of sp³-hybridized carbons (Fsp3) is 0.308. The van der Waals surface area contributed by atoms with Crippen LogP contribution in [0.25, 0.3) is 0 Å². The molecule has 0 bridgehead atoms. The molecule has 0 aliphatic heterocycles. The standard InChI is InChI=1S/C13H16BrN3O3S/c1-9(2)17-7-11(5-10(17)8-18)21(19,20)16-13-3-4-15-6-12(13)14/h3-7,9,18H,8H2,1-2H3,(H,15,16). The summed E-state index contributed by atoms with van der Waals surface area (Å²) in [7, 11) is -3.72. The van der Waals surface area contributed by atoms with Crippen LogP contribution in [0.15, 0.2) is 40.1 Å². The van der Waals surface area contributed by atoms with Gasteiger partial charge < -0.3 is 9.67 Å². The molecule has 2 aromatic rings. The van der Waals surface area contributed by atoms with Gasteiger partial charge >= 0.3 is 0 Å². The number of sulfonamides is 1. The van der Waals surface area contributed by atoms with E-state index in [1.54, 1.807) is 10.6 Å². The first-order chi connectivity index (χ1) is 9.85. The number of pyridine rings is 1. The first-order valence-electron chi connectivity index (χ1n) is 6.29. The number of hydrogen-bond acceptors (Lipinski definition) is 4. The van der Waals surface area contributed by atoms with Gasteiger partial charge in [-0.05, 0) is 41.9 Å². The van der Waals surface area contributed by atoms with E-state index in [9.17, 15) is 13.5 Å². The van der Waals surface area contributed by atoms with Crippen LogP contribution in [-0.2, 0) is 16.6 Å². The van der Waals surface area contributed by atoms with Gasteiger partial charge in [-0.15, -0.1) is 0 Å². The Morgan fingerprint density at radius 3 is 2.71 bits per heavy atom. The van der Waals surface area contributed by atoms with Crippen LogP contribution in [0.3, 0.4) is 0 Å². The number of nitrogens with zero attached hydrogens (tertiary/aromatic N) is 2. The maximum absolute atomic E-state index is 12.4. The van der Waals surface area contributed by atoms with Gasteiger partial charge in [0, 0.05) is 30.3 Å². The number of rotatable bonds is 5. The van der Waals surface area contributed by atoms with Crippen LogP contribution in [0, 0.1) is 0 Å². The Labute approximate surface area is 132 Å². The lowest BCUT2D eigenvalue weighted by Crippen LogP contribution is -2.13. The molecule has 114 valence electrons. The van der Waals surface area contributed by atoms with Gasteiger partial charge in [0.25, 0.3) is 10.0 Å². The summed E-state index contributed by atoms with van der Waals surface area (Å²) in [6.07, 6.45) is 4.53. The van der Waals surface area contributed by atoms with Gasteiger partial charge in [-0.25, -0.2) is 8.42 Å². The van der Waals surface area contributed by atoms with Crippen molar-refractivity contribution in [1.29, 1.82) is 0 Å². The summed E-state index contributed by atoms with van der Waals surface area (Å²) >= 11 is 3.24. The zero-order valence-electron chi connectivity index (χ0n) is 11.6. The van der Waals surface area contributed by atoms with Crippen LogP contribution in [-0.4, -0.2) is 23.1 Å². The second-order valence-corrected chi connectivity index (χ2v) is 7.32. The third kappa shape index (κ3) is 3.45. The van der Waals surface area contributed by atoms with E-state index in [1.165, 1.54) is 24.7 Å². The van der Waals surface area contributed by atoms with E-state index < -0.39 is 10.0 Å². The molecule has 0 fully saturated rings. The molecule has 0 spiro atoms. The van der Waals surface area contributed by atoms with Crippen LogP contribution < -0.4 is 4.72 Å². The molecule has 0 atom stereocenters. The second-order valence-electron chi connectivity index (χ2n) is 4.79. The van der Waals surface area contributed by atoms with E-state index in [4.69, 9.17) is 0 Å². The minimum absolute atomic E-state index is 0.0590. The van der Waals surface area contributed by atoms with E-state index in [0.29, 0.717) is 15.9 Å². The predicted molar refractivity (Wildman–Crippen MR) is 83.5 cm³/mol. The summed E-state index contributed by atoms with van der Waals surface area (Å²) in [6, 6.07) is 3.09. The van der Waals surface area contributed by atoms with Gasteiger partial charge in [-0.1, -0.05) is 0 Å². The van der Waals surface area contributed by atoms with E-state index in [2.05, 4.69) is 25.6 Å². The highest BCUT2D eigenvalue weighted by molar-refractivity contribution is 9.10. The van der Waals surface area contributed by atoms with Crippen molar-refractivity contribution in [3.8, 4) is 0 Å². The Kier molecular flexibility index (Phi) is 4.70. The Bertz CT molecular complexity index is 741. The zero-order valence-corrected chi connectivity index (χ0v) is 14.0. The number of nitrogens with one attached hydrogen (secondary N) is 1. The zero-order chi connectivity index (χ0) is 15.6. The maximum Gasteiger partial charge on any atom is 0.263 e. The van der Waals surface area contributed by atoms with Gasteiger partial charge in [0.1, 0.15) is 4.90 Å². The summed E-state index contributed by atoms with van der Waals surface area (Å²) in [6.45, 7) is 3.62. The molecule has 2 aromatic heterocycles. The van der Waals surface area contributed by atoms with Crippen molar-refractivity contribution >= 4 is 31.6 Å². The van der Waals surface area contributed by atoms with Gasteiger partial charge in [0.2, 0.25) is 0 Å². The van der Waals surface area contributed by atoms with Gasteiger partial charge in [0.05, 0.1) is 16.8 Å². The highest BCUT2D eigenvalue weighted by Gasteiger charge is 2.20. The summed E-state index contributed by atoms with van der Waals surface area (Å²) in [5, 5.41) is 9.33. The van der Waals surface area contributed by atoms with E-state index in [-0.39, 0.29) is 17.5 Å². The number of aromatic nitrogens is 2. The number of halogens is 1. The first-order valence-corrected chi connectivity index (χ1v) is 8.56. The first kappa shape index (κ1) is 16.0. The highest BCUT2D eigenvalue weighted by atomic mass is 79.9. The molecule has 0 saturated carbocycles. The minimum atomic E-state index is -3.72. The SMILES string of the molecule is CC(C)n1cc(S(=O)(=O)Nc2ccncc2Br)cc1CO. The molecule has 0 unspecified atom stereocenters. The minimum Gasteiger partial charge on any atom is -0.390 e. The summed E-state index contributed by atoms with van der Waals surface area (Å²) in [5.41, 5.74) is 0.965. The van der Waals surface area contributed by atoms with Gasteiger partial charge in [0.15, 0.2) is 0 Å². The van der Waals surface area contributed by atoms with Crippen molar-refractivity contribution in [1.82, 2.24) is 9.55 Å². The van der Waals surface area contributed by atoms with Crippen molar-refractivity contribution in [3.05, 3.63) is 40.9 Å². The fourth-order valence-electron chi connectivity index (χ4n) is 1.91. The Hall–Kier alpha value is -1.38. The normalized spacial score (nSPS) is 11.9. The third-order valence-corrected chi connectivity index (χ3v) is 4.92. The molecule has 0 aromatic carbocycles. The average molecular weight is 374 g/mol. The summed E-state index contributed by atoms with van der Waals surface area (Å²) in [5.74, 6) is 0. The molecule has 21 heavy (non-hydrogen) atoms. The van der Waals surface area contributed by atoms with Gasteiger partial charge in [-0.3, -0.25) is 9.71 Å². The molecule has 0 aliphatic carbocycles. The van der Waals surface area contributed by atoms with Crippen LogP contribution in [0.4, 0.5) is 5.69 Å². The summed E-state index contributed by atoms with van der Waals surface area (Å²) in [4.78, 5) is 4.00. The van der Waals surface area contributed by atoms with E-state index >= 15 is 0 Å². The number of aliphatic hydroxyl groups excluding tert-OH is 1.